The van der Waals surface area contributed by atoms with Crippen molar-refractivity contribution in [1.29, 1.82) is 0 Å². The van der Waals surface area contributed by atoms with Crippen molar-refractivity contribution in [1.82, 2.24) is 0 Å². The van der Waals surface area contributed by atoms with Gasteiger partial charge in [0.05, 0.1) is 17.3 Å². The van der Waals surface area contributed by atoms with Crippen molar-refractivity contribution < 1.29 is 9.47 Å². The molecule has 0 saturated heterocycles. The van der Waals surface area contributed by atoms with E-state index in [1.165, 1.54) is 0 Å². The van der Waals surface area contributed by atoms with Gasteiger partial charge in [-0.3, -0.25) is 4.99 Å². The van der Waals surface area contributed by atoms with Crippen LogP contribution in [0.2, 0.25) is 0 Å². The van der Waals surface area contributed by atoms with Gasteiger partial charge in [-0.15, -0.1) is 0 Å². The van der Waals surface area contributed by atoms with Gasteiger partial charge < -0.3 is 9.47 Å². The highest BCUT2D eigenvalue weighted by molar-refractivity contribution is 9.10. The molecule has 0 spiro atoms. The van der Waals surface area contributed by atoms with Gasteiger partial charge in [-0.2, -0.15) is 0 Å². The van der Waals surface area contributed by atoms with Crippen LogP contribution in [0.25, 0.3) is 0 Å². The normalized spacial score (nSPS) is 10.8. The van der Waals surface area contributed by atoms with Crippen LogP contribution in [0.1, 0.15) is 11.1 Å². The van der Waals surface area contributed by atoms with Crippen molar-refractivity contribution in [2.45, 2.75) is 6.61 Å². The van der Waals surface area contributed by atoms with Crippen molar-refractivity contribution >= 4 is 27.8 Å². The zero-order chi connectivity index (χ0) is 17.5. The lowest BCUT2D eigenvalue weighted by molar-refractivity contribution is 0.282. The summed E-state index contributed by atoms with van der Waals surface area (Å²) < 4.78 is 12.3. The summed E-state index contributed by atoms with van der Waals surface area (Å²) in [6.45, 7) is 0.479. The quantitative estimate of drug-likeness (QED) is 0.494. The summed E-state index contributed by atoms with van der Waals surface area (Å²) >= 11 is 3.57. The molecule has 0 heterocycles. The van der Waals surface area contributed by atoms with Crippen LogP contribution in [0.4, 0.5) is 5.69 Å². The molecule has 126 valence electrons. The molecule has 25 heavy (non-hydrogen) atoms. The number of benzene rings is 3. The van der Waals surface area contributed by atoms with E-state index in [1.54, 1.807) is 7.11 Å². The number of methoxy groups -OCH3 is 1. The fourth-order valence-electron chi connectivity index (χ4n) is 2.35. The fourth-order valence-corrected chi connectivity index (χ4v) is 2.92. The molecule has 0 aromatic heterocycles. The van der Waals surface area contributed by atoms with E-state index in [2.05, 4.69) is 20.9 Å². The third-order valence-electron chi connectivity index (χ3n) is 3.60. The summed E-state index contributed by atoms with van der Waals surface area (Å²) in [6.07, 6.45) is 1.81. The maximum atomic E-state index is 5.95. The van der Waals surface area contributed by atoms with Gasteiger partial charge in [0.25, 0.3) is 0 Å². The highest BCUT2D eigenvalue weighted by atomic mass is 79.9. The largest absolute Gasteiger partial charge is 0.493 e. The average Bonchev–Trinajstić information content (AvgIpc) is 2.66. The minimum Gasteiger partial charge on any atom is -0.493 e. The summed E-state index contributed by atoms with van der Waals surface area (Å²) in [6, 6.07) is 23.7. The Kier molecular flexibility index (Phi) is 5.86. The van der Waals surface area contributed by atoms with E-state index in [1.807, 2.05) is 79.0 Å². The highest BCUT2D eigenvalue weighted by Gasteiger charge is 2.11. The lowest BCUT2D eigenvalue weighted by Crippen LogP contribution is -1.99. The molecule has 0 unspecified atom stereocenters. The molecule has 0 radical (unpaired) electrons. The molecule has 4 heteroatoms. The summed E-state index contributed by atoms with van der Waals surface area (Å²) in [4.78, 5) is 4.47. The number of para-hydroxylation sites is 1. The molecule has 0 aliphatic carbocycles. The second-order valence-corrected chi connectivity index (χ2v) is 6.26. The number of hydrogen-bond donors (Lipinski definition) is 0. The first-order valence-electron chi connectivity index (χ1n) is 7.89. The minimum absolute atomic E-state index is 0.479. The van der Waals surface area contributed by atoms with Crippen LogP contribution in [0.3, 0.4) is 0 Å². The molecular formula is C21H18BrNO2. The van der Waals surface area contributed by atoms with Gasteiger partial charge >= 0.3 is 0 Å². The van der Waals surface area contributed by atoms with Crippen molar-refractivity contribution in [3.63, 3.8) is 0 Å². The maximum absolute atomic E-state index is 5.95. The van der Waals surface area contributed by atoms with Gasteiger partial charge in [-0.25, -0.2) is 0 Å². The Morgan fingerprint density at radius 3 is 2.32 bits per heavy atom. The SMILES string of the molecule is COc1cc(C=Nc2ccccc2)cc(Br)c1OCc1ccccc1. The lowest BCUT2D eigenvalue weighted by Gasteiger charge is -2.13. The van der Waals surface area contributed by atoms with Crippen LogP contribution < -0.4 is 9.47 Å². The number of nitrogens with zero attached hydrogens (tertiary/aromatic N) is 1. The monoisotopic (exact) mass is 395 g/mol. The van der Waals surface area contributed by atoms with Crippen molar-refractivity contribution in [3.05, 3.63) is 88.4 Å². The van der Waals surface area contributed by atoms with Crippen LogP contribution in [0, 0.1) is 0 Å². The van der Waals surface area contributed by atoms with E-state index in [0.29, 0.717) is 18.1 Å². The maximum Gasteiger partial charge on any atom is 0.175 e. The third-order valence-corrected chi connectivity index (χ3v) is 4.19. The van der Waals surface area contributed by atoms with E-state index in [9.17, 15) is 0 Å². The molecule has 3 rings (SSSR count). The van der Waals surface area contributed by atoms with E-state index in [4.69, 9.17) is 9.47 Å². The fraction of sp³-hybridized carbons (Fsp3) is 0.0952. The topological polar surface area (TPSA) is 30.8 Å². The zero-order valence-electron chi connectivity index (χ0n) is 13.9. The Morgan fingerprint density at radius 2 is 1.64 bits per heavy atom. The summed E-state index contributed by atoms with van der Waals surface area (Å²) in [5.74, 6) is 1.35. The van der Waals surface area contributed by atoms with Crippen molar-refractivity contribution in [2.24, 2.45) is 4.99 Å². The van der Waals surface area contributed by atoms with Gasteiger partial charge in [-0.05, 0) is 51.3 Å². The molecule has 3 nitrogen and oxygen atoms in total. The van der Waals surface area contributed by atoms with Gasteiger partial charge in [0.15, 0.2) is 11.5 Å². The molecule has 3 aromatic rings. The predicted molar refractivity (Wildman–Crippen MR) is 105 cm³/mol. The molecule has 0 aliphatic heterocycles. The van der Waals surface area contributed by atoms with Gasteiger partial charge in [0, 0.05) is 6.21 Å². The lowest BCUT2D eigenvalue weighted by atomic mass is 10.2. The van der Waals surface area contributed by atoms with Crippen molar-refractivity contribution in [3.8, 4) is 11.5 Å². The number of rotatable bonds is 6. The van der Waals surface area contributed by atoms with Gasteiger partial charge in [0.1, 0.15) is 6.61 Å². The summed E-state index contributed by atoms with van der Waals surface area (Å²) in [5.41, 5.74) is 2.94. The summed E-state index contributed by atoms with van der Waals surface area (Å²) in [5, 5.41) is 0. The van der Waals surface area contributed by atoms with Crippen LogP contribution in [-0.2, 0) is 6.61 Å². The standard InChI is InChI=1S/C21H18BrNO2/c1-24-20-13-17(14-23-18-10-6-3-7-11-18)12-19(22)21(20)25-15-16-8-4-2-5-9-16/h2-14H,15H2,1H3. The van der Waals surface area contributed by atoms with Crippen LogP contribution >= 0.6 is 15.9 Å². The molecule has 0 atom stereocenters. The molecule has 0 saturated carbocycles. The van der Waals surface area contributed by atoms with Gasteiger partial charge in [-0.1, -0.05) is 48.5 Å². The molecule has 0 aliphatic rings. The third kappa shape index (κ3) is 4.70. The Morgan fingerprint density at radius 1 is 0.960 bits per heavy atom. The van der Waals surface area contributed by atoms with E-state index in [-0.39, 0.29) is 0 Å². The Hall–Kier alpha value is -2.59. The Bertz CT molecular complexity index is 849. The molecule has 0 N–H and O–H groups in total. The molecule has 0 bridgehead atoms. The van der Waals surface area contributed by atoms with Crippen LogP contribution in [0.15, 0.2) is 82.3 Å². The van der Waals surface area contributed by atoms with Gasteiger partial charge in [0.2, 0.25) is 0 Å². The first-order valence-corrected chi connectivity index (χ1v) is 8.69. The van der Waals surface area contributed by atoms with Crippen LogP contribution in [0.5, 0.6) is 11.5 Å². The average molecular weight is 396 g/mol. The highest BCUT2D eigenvalue weighted by Crippen LogP contribution is 2.37. The minimum atomic E-state index is 0.479. The van der Waals surface area contributed by atoms with Crippen molar-refractivity contribution in [2.75, 3.05) is 7.11 Å². The second kappa shape index (κ2) is 8.49. The predicted octanol–water partition coefficient (Wildman–Crippen LogP) is 5.79. The number of hydrogen-bond acceptors (Lipinski definition) is 3. The van der Waals surface area contributed by atoms with E-state index < -0.39 is 0 Å². The van der Waals surface area contributed by atoms with E-state index >= 15 is 0 Å². The smallest absolute Gasteiger partial charge is 0.175 e. The van der Waals surface area contributed by atoms with E-state index in [0.717, 1.165) is 21.3 Å². The number of ether oxygens (including phenoxy) is 2. The number of halogens is 1. The first-order chi connectivity index (χ1) is 12.3. The molecule has 0 amide bonds. The summed E-state index contributed by atoms with van der Waals surface area (Å²) in [7, 11) is 1.63. The number of aliphatic imine (C=N–C) groups is 1. The zero-order valence-corrected chi connectivity index (χ0v) is 15.4. The molecular weight excluding hydrogens is 378 g/mol. The molecule has 0 fully saturated rings. The second-order valence-electron chi connectivity index (χ2n) is 5.40. The molecule has 3 aromatic carbocycles. The van der Waals surface area contributed by atoms with Crippen LogP contribution in [-0.4, -0.2) is 13.3 Å². The Labute approximate surface area is 156 Å². The Balaban J connectivity index is 1.80. The first kappa shape index (κ1) is 17.2.